The highest BCUT2D eigenvalue weighted by molar-refractivity contribution is 7.99. The van der Waals surface area contributed by atoms with Crippen molar-refractivity contribution in [2.45, 2.75) is 23.4 Å². The van der Waals surface area contributed by atoms with Gasteiger partial charge in [-0.3, -0.25) is 0 Å². The molecule has 0 amide bonds. The molecule has 0 spiro atoms. The quantitative estimate of drug-likeness (QED) is 0.413. The van der Waals surface area contributed by atoms with Crippen molar-refractivity contribution in [3.05, 3.63) is 71.5 Å². The molecule has 2 aromatic carbocycles. The molecule has 1 heterocycles. The normalized spacial score (nSPS) is 11.7. The lowest BCUT2D eigenvalue weighted by molar-refractivity contribution is 0.343. The van der Waals surface area contributed by atoms with E-state index in [0.29, 0.717) is 12.4 Å². The molecule has 3 rings (SSSR count). The molecule has 0 aliphatic carbocycles. The van der Waals surface area contributed by atoms with Crippen molar-refractivity contribution >= 4 is 21.8 Å². The van der Waals surface area contributed by atoms with Crippen LogP contribution in [0.1, 0.15) is 17.0 Å². The number of ether oxygens (including phenoxy) is 1. The van der Waals surface area contributed by atoms with Gasteiger partial charge in [-0.1, -0.05) is 42.1 Å². The Labute approximate surface area is 176 Å². The van der Waals surface area contributed by atoms with E-state index in [2.05, 4.69) is 22.1 Å². The standard InChI is InChI=1S/C21H25N3O3S2/c1-16-20(15-17-7-5-4-6-8-17)23-21(22-16)28-14-13-27-18-9-11-19(12-10-18)29(25,26)24(2)3/h4-12H,13-15H2,1-3H3,(H,22,23). The lowest BCUT2D eigenvalue weighted by Gasteiger charge is -2.12. The summed E-state index contributed by atoms with van der Waals surface area (Å²) in [5, 5.41) is 0.879. The minimum Gasteiger partial charge on any atom is -0.493 e. The summed E-state index contributed by atoms with van der Waals surface area (Å²) in [7, 11) is -0.393. The minimum absolute atomic E-state index is 0.251. The highest BCUT2D eigenvalue weighted by Gasteiger charge is 2.16. The summed E-state index contributed by atoms with van der Waals surface area (Å²) in [4.78, 5) is 8.26. The number of nitrogens with one attached hydrogen (secondary N) is 1. The van der Waals surface area contributed by atoms with Crippen LogP contribution in [0.2, 0.25) is 0 Å². The van der Waals surface area contributed by atoms with Gasteiger partial charge in [0, 0.05) is 32.0 Å². The Kier molecular flexibility index (Phi) is 7.00. The van der Waals surface area contributed by atoms with Crippen LogP contribution < -0.4 is 4.74 Å². The third-order valence-corrected chi connectivity index (χ3v) is 7.04. The Bertz CT molecular complexity index is 1030. The van der Waals surface area contributed by atoms with Crippen LogP contribution in [0, 0.1) is 6.92 Å². The number of aromatic nitrogens is 2. The maximum Gasteiger partial charge on any atom is 0.242 e. The first kappa shape index (κ1) is 21.4. The number of aryl methyl sites for hydroxylation is 1. The van der Waals surface area contributed by atoms with Gasteiger partial charge in [0.25, 0.3) is 0 Å². The Morgan fingerprint density at radius 2 is 1.76 bits per heavy atom. The molecule has 1 N–H and O–H groups in total. The third kappa shape index (κ3) is 5.62. The number of imidazole rings is 1. The maximum absolute atomic E-state index is 12.1. The Morgan fingerprint density at radius 1 is 1.07 bits per heavy atom. The topological polar surface area (TPSA) is 75.3 Å². The van der Waals surface area contributed by atoms with Gasteiger partial charge in [0.2, 0.25) is 10.0 Å². The zero-order valence-corrected chi connectivity index (χ0v) is 18.4. The average Bonchev–Trinajstić information content (AvgIpc) is 3.05. The van der Waals surface area contributed by atoms with Crippen molar-refractivity contribution in [2.75, 3.05) is 26.5 Å². The number of aromatic amines is 1. The molecule has 3 aromatic rings. The van der Waals surface area contributed by atoms with E-state index < -0.39 is 10.0 Å². The van der Waals surface area contributed by atoms with Crippen molar-refractivity contribution < 1.29 is 13.2 Å². The van der Waals surface area contributed by atoms with Crippen LogP contribution in [0.15, 0.2) is 64.6 Å². The molecule has 0 saturated heterocycles. The fourth-order valence-corrected chi connectivity index (χ4v) is 4.37. The molecule has 154 valence electrons. The molecule has 1 aromatic heterocycles. The number of sulfonamides is 1. The zero-order chi connectivity index (χ0) is 20.9. The highest BCUT2D eigenvalue weighted by atomic mass is 32.2. The van der Waals surface area contributed by atoms with Gasteiger partial charge < -0.3 is 9.72 Å². The van der Waals surface area contributed by atoms with E-state index in [1.807, 2.05) is 25.1 Å². The van der Waals surface area contributed by atoms with Gasteiger partial charge >= 0.3 is 0 Å². The first-order valence-electron chi connectivity index (χ1n) is 9.24. The van der Waals surface area contributed by atoms with E-state index >= 15 is 0 Å². The molecule has 29 heavy (non-hydrogen) atoms. The number of nitrogens with zero attached hydrogens (tertiary/aromatic N) is 2. The van der Waals surface area contributed by atoms with Gasteiger partial charge in [-0.25, -0.2) is 17.7 Å². The molecule has 0 atom stereocenters. The van der Waals surface area contributed by atoms with Crippen LogP contribution >= 0.6 is 11.8 Å². The van der Waals surface area contributed by atoms with Crippen LogP contribution in [-0.4, -0.2) is 49.1 Å². The Morgan fingerprint density at radius 3 is 2.41 bits per heavy atom. The Balaban J connectivity index is 1.49. The predicted octanol–water partition coefficient (Wildman–Crippen LogP) is 3.73. The predicted molar refractivity (Wildman–Crippen MR) is 116 cm³/mol. The van der Waals surface area contributed by atoms with Gasteiger partial charge in [-0.2, -0.15) is 0 Å². The molecular formula is C21H25N3O3S2. The summed E-state index contributed by atoms with van der Waals surface area (Å²) >= 11 is 1.60. The van der Waals surface area contributed by atoms with Crippen LogP contribution in [0.25, 0.3) is 0 Å². The summed E-state index contributed by atoms with van der Waals surface area (Å²) in [6.07, 6.45) is 0.808. The van der Waals surface area contributed by atoms with Crippen LogP contribution in [0.5, 0.6) is 5.75 Å². The fraction of sp³-hybridized carbons (Fsp3) is 0.286. The van der Waals surface area contributed by atoms with Gasteiger partial charge in [0.1, 0.15) is 5.75 Å². The van der Waals surface area contributed by atoms with Gasteiger partial charge in [-0.05, 0) is 36.8 Å². The molecule has 6 nitrogen and oxygen atoms in total. The summed E-state index contributed by atoms with van der Waals surface area (Å²) in [6.45, 7) is 2.54. The molecule has 8 heteroatoms. The van der Waals surface area contributed by atoms with E-state index in [0.717, 1.165) is 28.7 Å². The van der Waals surface area contributed by atoms with Crippen LogP contribution in [0.4, 0.5) is 0 Å². The first-order chi connectivity index (χ1) is 13.9. The number of hydrogen-bond donors (Lipinski definition) is 1. The van der Waals surface area contributed by atoms with Crippen molar-refractivity contribution in [2.24, 2.45) is 0 Å². The summed E-state index contributed by atoms with van der Waals surface area (Å²) < 4.78 is 31.1. The molecule has 0 saturated carbocycles. The molecule has 0 radical (unpaired) electrons. The number of hydrogen-bond acceptors (Lipinski definition) is 5. The largest absolute Gasteiger partial charge is 0.493 e. The molecule has 0 aliphatic rings. The second-order valence-corrected chi connectivity index (χ2v) is 9.97. The molecule has 0 bridgehead atoms. The van der Waals surface area contributed by atoms with Crippen molar-refractivity contribution in [3.8, 4) is 5.75 Å². The van der Waals surface area contributed by atoms with Gasteiger partial charge in [0.15, 0.2) is 5.16 Å². The molecular weight excluding hydrogens is 406 g/mol. The van der Waals surface area contributed by atoms with E-state index in [1.165, 1.54) is 24.0 Å². The lowest BCUT2D eigenvalue weighted by atomic mass is 10.1. The maximum atomic E-state index is 12.1. The third-order valence-electron chi connectivity index (χ3n) is 4.37. The number of rotatable bonds is 9. The summed E-state index contributed by atoms with van der Waals surface area (Å²) in [6, 6.07) is 16.8. The zero-order valence-electron chi connectivity index (χ0n) is 16.8. The Hall–Kier alpha value is -2.29. The summed E-state index contributed by atoms with van der Waals surface area (Å²) in [5.41, 5.74) is 3.37. The first-order valence-corrected chi connectivity index (χ1v) is 11.7. The SMILES string of the molecule is Cc1[nH]c(SCCOc2ccc(S(=O)(=O)N(C)C)cc2)nc1Cc1ccccc1. The molecule has 0 unspecified atom stereocenters. The van der Waals surface area contributed by atoms with Crippen LogP contribution in [-0.2, 0) is 16.4 Å². The number of H-pyrrole nitrogens is 1. The van der Waals surface area contributed by atoms with Crippen LogP contribution in [0.3, 0.4) is 0 Å². The van der Waals surface area contributed by atoms with E-state index in [1.54, 1.807) is 36.0 Å². The van der Waals surface area contributed by atoms with Gasteiger partial charge in [0.05, 0.1) is 17.2 Å². The van der Waals surface area contributed by atoms with E-state index in [4.69, 9.17) is 4.74 Å². The average molecular weight is 432 g/mol. The monoisotopic (exact) mass is 431 g/mol. The lowest BCUT2D eigenvalue weighted by Crippen LogP contribution is -2.22. The van der Waals surface area contributed by atoms with Crippen molar-refractivity contribution in [1.29, 1.82) is 0 Å². The van der Waals surface area contributed by atoms with Crippen molar-refractivity contribution in [1.82, 2.24) is 14.3 Å². The smallest absolute Gasteiger partial charge is 0.242 e. The van der Waals surface area contributed by atoms with E-state index in [9.17, 15) is 8.42 Å². The van der Waals surface area contributed by atoms with E-state index in [-0.39, 0.29) is 4.90 Å². The minimum atomic E-state index is -3.42. The molecule has 0 fully saturated rings. The summed E-state index contributed by atoms with van der Waals surface area (Å²) in [5.74, 6) is 1.37. The second-order valence-electron chi connectivity index (χ2n) is 6.73. The number of thioether (sulfide) groups is 1. The van der Waals surface area contributed by atoms with Gasteiger partial charge in [-0.15, -0.1) is 0 Å². The fourth-order valence-electron chi connectivity index (χ4n) is 2.71. The molecule has 0 aliphatic heterocycles. The van der Waals surface area contributed by atoms with Crippen molar-refractivity contribution in [3.63, 3.8) is 0 Å². The number of benzene rings is 2. The highest BCUT2D eigenvalue weighted by Crippen LogP contribution is 2.21. The second kappa shape index (κ2) is 9.47.